The van der Waals surface area contributed by atoms with Gasteiger partial charge in [0, 0.05) is 28.4 Å². The molecule has 0 aromatic carbocycles. The van der Waals surface area contributed by atoms with Crippen LogP contribution in [0.2, 0.25) is 36.3 Å². The van der Waals surface area contributed by atoms with Crippen molar-refractivity contribution in [2.45, 2.75) is 431 Å². The third-order valence-electron chi connectivity index (χ3n) is 32.5. The molecule has 9 N–H and O–H groups in total. The van der Waals surface area contributed by atoms with E-state index in [-0.39, 0.29) is 54.1 Å². The molecule has 9 unspecified atom stereocenters. The number of allylic oxidation sites excluding steroid dienone is 9. The minimum absolute atomic E-state index is 0. The summed E-state index contributed by atoms with van der Waals surface area (Å²) in [5.74, 6) is 6.24. The zero-order valence-electron chi connectivity index (χ0n) is 78.5. The Morgan fingerprint density at radius 2 is 0.744 bits per heavy atom. The van der Waals surface area contributed by atoms with E-state index in [1.807, 2.05) is 27.7 Å². The zero-order chi connectivity index (χ0) is 86.9. The van der Waals surface area contributed by atoms with Crippen LogP contribution in [0, 0.1) is 69.5 Å². The van der Waals surface area contributed by atoms with E-state index < -0.39 is 63.5 Å². The van der Waals surface area contributed by atoms with E-state index in [4.69, 9.17) is 37.6 Å². The fourth-order valence-electron chi connectivity index (χ4n) is 23.3. The van der Waals surface area contributed by atoms with Gasteiger partial charge in [0.2, 0.25) is 0 Å². The molecule has 18 heteroatoms. The van der Waals surface area contributed by atoms with Crippen molar-refractivity contribution in [3.05, 3.63) is 69.9 Å². The maximum Gasteiger partial charge on any atom is 0.192 e. The van der Waals surface area contributed by atoms with Gasteiger partial charge in [-0.2, -0.15) is 0 Å². The topological polar surface area (TPSA) is 250 Å². The molecule has 10 fully saturated rings. The minimum Gasteiger partial charge on any atom is -0.410 e. The van der Waals surface area contributed by atoms with Gasteiger partial charge in [-0.25, -0.2) is 0 Å². The molecule has 1 spiro atoms. The number of fused-ring (bicyclic) bond motifs is 3. The molecule has 1 saturated heterocycles. The fourth-order valence-corrected chi connectivity index (χ4v) is 26.0. The van der Waals surface area contributed by atoms with Crippen molar-refractivity contribution in [2.75, 3.05) is 55.1 Å². The fraction of sp³-hybridized carbons (Fsp3) is 0.879. The number of rotatable bonds is 29. The van der Waals surface area contributed by atoms with Gasteiger partial charge in [0.15, 0.2) is 16.6 Å². The summed E-state index contributed by atoms with van der Waals surface area (Å²) in [5, 5.41) is 90.5. The number of aliphatic hydroxyl groups is 9. The van der Waals surface area contributed by atoms with Crippen molar-refractivity contribution < 1.29 is 78.5 Å². The monoisotopic (exact) mass is 1680 g/mol. The van der Waals surface area contributed by atoms with Crippen molar-refractivity contribution in [1.29, 1.82) is 0 Å². The summed E-state index contributed by atoms with van der Waals surface area (Å²) >= 11 is 0. The Labute approximate surface area is 716 Å². The van der Waals surface area contributed by atoms with E-state index in [0.29, 0.717) is 78.3 Å². The molecule has 0 radical (unpaired) electrons. The highest BCUT2D eigenvalue weighted by molar-refractivity contribution is 6.74. The lowest BCUT2D eigenvalue weighted by molar-refractivity contribution is -0.181. The van der Waals surface area contributed by atoms with Crippen LogP contribution in [0.3, 0.4) is 0 Å². The Hall–Kier alpha value is -1.77. The number of epoxide rings is 1. The van der Waals surface area contributed by atoms with Crippen molar-refractivity contribution in [3.8, 4) is 0 Å². The lowest BCUT2D eigenvalue weighted by Crippen LogP contribution is -2.58. The van der Waals surface area contributed by atoms with E-state index in [9.17, 15) is 40.9 Å². The second-order valence-electron chi connectivity index (χ2n) is 44.6. The Morgan fingerprint density at radius 1 is 0.453 bits per heavy atom. The van der Waals surface area contributed by atoms with Crippen LogP contribution in [0.15, 0.2) is 69.9 Å². The van der Waals surface area contributed by atoms with E-state index in [1.165, 1.54) is 140 Å². The van der Waals surface area contributed by atoms with Gasteiger partial charge in [0.05, 0.1) is 73.2 Å². The molecule has 117 heavy (non-hydrogen) atoms. The molecule has 680 valence electrons. The molecule has 10 aliphatic rings. The SMILES string of the molecule is C.CO.COCC1(O)[C@H](O)CC(=C/C=C2\CCCC3(C)C2CCC3[C@H](C)CCCC(C)(C)O)C[C@H]1O.COCC1(O)[C@H](O)CC(=C/C=C2\CCCC3(C)C2CCC3[C@H](C)CCCC(C)(C)O)C[C@H]1O.COCOC(C)(C)CCC[C@@H](C)C1CCC2/C(=C/C=C3C[C@@H](O[Si](C)(C)C(C)(C)C)C4(CO4)[C@H](O[Si](C)(C)C(C)(C)C)C3)CCCC21C. The molecule has 0 aromatic heterocycles. The molecule has 1 heterocycles. The second kappa shape index (κ2) is 42.2. The summed E-state index contributed by atoms with van der Waals surface area (Å²) in [6.45, 7) is 51.7. The first-order chi connectivity index (χ1) is 53.8. The highest BCUT2D eigenvalue weighted by Gasteiger charge is 2.64. The van der Waals surface area contributed by atoms with Gasteiger partial charge in [-0.3, -0.25) is 0 Å². The summed E-state index contributed by atoms with van der Waals surface area (Å²) in [5.41, 5.74) is 4.53. The van der Waals surface area contributed by atoms with Gasteiger partial charge >= 0.3 is 0 Å². The van der Waals surface area contributed by atoms with Crippen molar-refractivity contribution in [1.82, 2.24) is 0 Å². The molecule has 0 amide bonds. The average Bonchev–Trinajstić information content (AvgIpc) is 1.57. The average molecular weight is 1680 g/mol. The highest BCUT2D eigenvalue weighted by atomic mass is 28.4. The number of aliphatic hydroxyl groups excluding tert-OH is 5. The predicted molar refractivity (Wildman–Crippen MR) is 485 cm³/mol. The van der Waals surface area contributed by atoms with E-state index in [0.717, 1.165) is 106 Å². The van der Waals surface area contributed by atoms with Crippen LogP contribution in [-0.2, 0) is 32.5 Å². The number of ether oxygens (including phenoxy) is 5. The number of hydrogen-bond donors (Lipinski definition) is 9. The molecule has 16 nitrogen and oxygen atoms in total. The van der Waals surface area contributed by atoms with Gasteiger partial charge in [-0.1, -0.05) is 199 Å². The Morgan fingerprint density at radius 3 is 1.01 bits per heavy atom. The van der Waals surface area contributed by atoms with Crippen LogP contribution < -0.4 is 0 Å². The van der Waals surface area contributed by atoms with Gasteiger partial charge in [-0.15, -0.1) is 0 Å². The highest BCUT2D eigenvalue weighted by Crippen LogP contribution is 2.64. The largest absolute Gasteiger partial charge is 0.410 e. The van der Waals surface area contributed by atoms with Gasteiger partial charge in [0.1, 0.15) is 23.6 Å². The lowest BCUT2D eigenvalue weighted by atomic mass is 9.60. The molecule has 0 bridgehead atoms. The van der Waals surface area contributed by atoms with Gasteiger partial charge in [0.25, 0.3) is 0 Å². The Balaban J connectivity index is 0.000000276. The zero-order valence-corrected chi connectivity index (χ0v) is 80.5. The summed E-state index contributed by atoms with van der Waals surface area (Å²) in [7, 11) is 1.63. The lowest BCUT2D eigenvalue weighted by Gasteiger charge is -2.48. The van der Waals surface area contributed by atoms with Crippen LogP contribution in [-0.4, -0.2) is 188 Å². The van der Waals surface area contributed by atoms with Crippen molar-refractivity contribution in [2.24, 2.45) is 69.5 Å². The molecule has 0 aromatic rings. The first-order valence-electron chi connectivity index (χ1n) is 46.1. The Kier molecular flexibility index (Phi) is 37.5. The molecule has 9 saturated carbocycles. The molecular weight excluding hydrogens is 1500 g/mol. The Bertz CT molecular complexity index is 3070. The second-order valence-corrected chi connectivity index (χ2v) is 54.2. The van der Waals surface area contributed by atoms with E-state index in [1.54, 1.807) is 12.7 Å². The molecule has 1 aliphatic heterocycles. The van der Waals surface area contributed by atoms with Gasteiger partial charge < -0.3 is 78.5 Å². The maximum absolute atomic E-state index is 10.6. The van der Waals surface area contributed by atoms with Crippen LogP contribution in [0.25, 0.3) is 0 Å². The summed E-state index contributed by atoms with van der Waals surface area (Å²) in [6, 6.07) is 0. The maximum atomic E-state index is 10.6. The van der Waals surface area contributed by atoms with E-state index in [2.05, 4.69) is 160 Å². The predicted octanol–water partition coefficient (Wildman–Crippen LogP) is 20.9. The van der Waals surface area contributed by atoms with Crippen LogP contribution in [0.1, 0.15) is 325 Å². The van der Waals surface area contributed by atoms with E-state index >= 15 is 0 Å². The minimum atomic E-state index is -2.00. The van der Waals surface area contributed by atoms with Crippen LogP contribution >= 0.6 is 0 Å². The number of methoxy groups -OCH3 is 3. The van der Waals surface area contributed by atoms with Crippen LogP contribution in [0.5, 0.6) is 0 Å². The first kappa shape index (κ1) is 104. The van der Waals surface area contributed by atoms with Crippen LogP contribution in [0.4, 0.5) is 0 Å². The third kappa shape index (κ3) is 25.8. The molecule has 10 rings (SSSR count). The van der Waals surface area contributed by atoms with Crippen molar-refractivity contribution >= 4 is 16.6 Å². The number of hydrogen-bond acceptors (Lipinski definition) is 16. The summed E-state index contributed by atoms with van der Waals surface area (Å²) in [4.78, 5) is 0. The van der Waals surface area contributed by atoms with Crippen molar-refractivity contribution in [3.63, 3.8) is 0 Å². The molecule has 18 atom stereocenters. The normalized spacial score (nSPS) is 36.0. The molecule has 9 aliphatic carbocycles. The quantitative estimate of drug-likeness (QED) is 0.0192. The molecular formula is C99H180O16Si2. The summed E-state index contributed by atoms with van der Waals surface area (Å²) in [6.07, 6.45) is 42.0. The summed E-state index contributed by atoms with van der Waals surface area (Å²) < 4.78 is 42.1. The van der Waals surface area contributed by atoms with Gasteiger partial charge in [-0.05, 0) is 301 Å². The third-order valence-corrected chi connectivity index (χ3v) is 41.5. The standard InChI is InChI=1S/C41H76O5Si2.2C28H48O5.CH4O.CH4/c1-30(18-16-24-39(8,9)44-29-42-11)33-22-23-34-32(19-17-25-40(33,34)10)21-20-31-26-35(45-47(12,13)37(2,3)4)41(28-43-41)36(27-31)46-48(14,15)38(5,6)7;2*1-19(8-6-14-26(2,3)31)22-12-13-23-21(9-7-15-27(22,23)4)11-10-20-16-24(29)28(32,18-33-5)25(30)17-20;1-2;/h20-21,30,33-36H,16-19,22-29H2,1-15H3;2*10-11,19,22-25,29-32H,6-9,12-18H2,1-5H3;2H,1H3;1H4/b31-20?,32-21+;2*20-10?,21-11+;;/t30-,33?,34?,35-,36-,40?,41?;2*19-,22?,23?,24-,25-,27?,28?;;/m111../s1. The smallest absolute Gasteiger partial charge is 0.192 e. The first-order valence-corrected chi connectivity index (χ1v) is 51.9.